The van der Waals surface area contributed by atoms with Crippen molar-refractivity contribution in [2.45, 2.75) is 19.0 Å². The maximum Gasteiger partial charge on any atom is 0.405 e. The third-order valence-electron chi connectivity index (χ3n) is 3.69. The predicted octanol–water partition coefficient (Wildman–Crippen LogP) is 3.11. The first-order valence-electron chi connectivity index (χ1n) is 7.09. The van der Waals surface area contributed by atoms with Crippen LogP contribution >= 0.6 is 11.6 Å². The zero-order chi connectivity index (χ0) is 17.0. The number of halogens is 4. The van der Waals surface area contributed by atoms with Gasteiger partial charge in [0.25, 0.3) is 0 Å². The molecule has 1 aromatic carbocycles. The van der Waals surface area contributed by atoms with Crippen LogP contribution < -0.4 is 10.2 Å². The van der Waals surface area contributed by atoms with E-state index < -0.39 is 24.5 Å². The Balaban J connectivity index is 2.02. The van der Waals surface area contributed by atoms with E-state index in [9.17, 15) is 18.0 Å². The molecule has 1 aliphatic heterocycles. The summed E-state index contributed by atoms with van der Waals surface area (Å²) in [5.41, 5.74) is 1.11. The van der Waals surface area contributed by atoms with Gasteiger partial charge in [-0.2, -0.15) is 18.4 Å². The van der Waals surface area contributed by atoms with Crippen molar-refractivity contribution in [3.63, 3.8) is 0 Å². The minimum atomic E-state index is -4.41. The molecule has 1 unspecified atom stereocenters. The Hall–Kier alpha value is -1.94. The fourth-order valence-corrected chi connectivity index (χ4v) is 2.77. The summed E-state index contributed by atoms with van der Waals surface area (Å²) in [5.74, 6) is -1.09. The van der Waals surface area contributed by atoms with Crippen LogP contribution in [-0.2, 0) is 4.79 Å². The number of nitrogens with one attached hydrogen (secondary N) is 1. The lowest BCUT2D eigenvalue weighted by atomic mass is 9.96. The smallest absolute Gasteiger partial charge is 0.371 e. The Kier molecular flexibility index (Phi) is 5.37. The van der Waals surface area contributed by atoms with Gasteiger partial charge in [-0.25, -0.2) is 0 Å². The van der Waals surface area contributed by atoms with Crippen molar-refractivity contribution in [3.8, 4) is 6.07 Å². The van der Waals surface area contributed by atoms with Gasteiger partial charge in [-0.3, -0.25) is 4.79 Å². The molecule has 124 valence electrons. The summed E-state index contributed by atoms with van der Waals surface area (Å²) in [6.07, 6.45) is -3.17. The van der Waals surface area contributed by atoms with E-state index in [0.29, 0.717) is 36.5 Å². The van der Waals surface area contributed by atoms with Crippen LogP contribution in [0.15, 0.2) is 18.2 Å². The molecule has 0 saturated carbocycles. The number of amides is 1. The minimum Gasteiger partial charge on any atom is -0.371 e. The highest BCUT2D eigenvalue weighted by Crippen LogP contribution is 2.27. The highest BCUT2D eigenvalue weighted by molar-refractivity contribution is 6.32. The quantitative estimate of drug-likeness (QED) is 0.915. The summed E-state index contributed by atoms with van der Waals surface area (Å²) in [7, 11) is 0. The molecule has 1 aromatic rings. The number of carbonyl (C=O) groups excluding carboxylic acids is 1. The van der Waals surface area contributed by atoms with Gasteiger partial charge < -0.3 is 10.2 Å². The van der Waals surface area contributed by atoms with Gasteiger partial charge in [-0.05, 0) is 31.0 Å². The second kappa shape index (κ2) is 7.09. The fraction of sp³-hybridized carbons (Fsp3) is 0.467. The van der Waals surface area contributed by atoms with Gasteiger partial charge in [0.05, 0.1) is 16.5 Å². The van der Waals surface area contributed by atoms with Gasteiger partial charge in [0.15, 0.2) is 0 Å². The number of hydrogen-bond donors (Lipinski definition) is 1. The lowest BCUT2D eigenvalue weighted by molar-refractivity contribution is -0.140. The normalized spacial score (nSPS) is 18.4. The van der Waals surface area contributed by atoms with Gasteiger partial charge in [0.2, 0.25) is 5.91 Å². The SMILES string of the molecule is N#Cc1ccc(N2CCCC(C(=O)NCC(F)(F)F)C2)cc1Cl. The van der Waals surface area contributed by atoms with Crippen LogP contribution in [0.25, 0.3) is 0 Å². The maximum atomic E-state index is 12.2. The van der Waals surface area contributed by atoms with Gasteiger partial charge in [0.1, 0.15) is 12.6 Å². The maximum absolute atomic E-state index is 12.2. The summed E-state index contributed by atoms with van der Waals surface area (Å²) in [6, 6.07) is 6.91. The largest absolute Gasteiger partial charge is 0.405 e. The van der Waals surface area contributed by atoms with E-state index in [4.69, 9.17) is 16.9 Å². The number of alkyl halides is 3. The second-order valence-electron chi connectivity index (χ2n) is 5.39. The molecule has 23 heavy (non-hydrogen) atoms. The van der Waals surface area contributed by atoms with E-state index in [2.05, 4.69) is 0 Å². The molecule has 1 amide bonds. The number of nitrogens with zero attached hydrogens (tertiary/aromatic N) is 2. The molecular weight excluding hydrogens is 331 g/mol. The van der Waals surface area contributed by atoms with Gasteiger partial charge >= 0.3 is 6.18 Å². The summed E-state index contributed by atoms with van der Waals surface area (Å²) in [4.78, 5) is 13.8. The van der Waals surface area contributed by atoms with E-state index >= 15 is 0 Å². The highest BCUT2D eigenvalue weighted by Gasteiger charge is 2.31. The molecule has 2 rings (SSSR count). The van der Waals surface area contributed by atoms with Crippen LogP contribution in [0, 0.1) is 17.2 Å². The molecular formula is C15H15ClF3N3O. The van der Waals surface area contributed by atoms with Crippen molar-refractivity contribution in [2.24, 2.45) is 5.92 Å². The third kappa shape index (κ3) is 4.76. The van der Waals surface area contributed by atoms with Crippen LogP contribution in [0.4, 0.5) is 18.9 Å². The predicted molar refractivity (Wildman–Crippen MR) is 80.2 cm³/mol. The molecule has 1 saturated heterocycles. The lowest BCUT2D eigenvalue weighted by Crippen LogP contribution is -2.45. The Morgan fingerprint density at radius 2 is 2.22 bits per heavy atom. The Morgan fingerprint density at radius 3 is 2.83 bits per heavy atom. The monoisotopic (exact) mass is 345 g/mol. The number of carbonyl (C=O) groups is 1. The van der Waals surface area contributed by atoms with E-state index in [1.807, 2.05) is 16.3 Å². The molecule has 1 heterocycles. The molecule has 1 N–H and O–H groups in total. The Bertz CT molecular complexity index is 627. The topological polar surface area (TPSA) is 56.1 Å². The number of rotatable bonds is 3. The number of nitriles is 1. The molecule has 0 bridgehead atoms. The molecule has 0 radical (unpaired) electrons. The van der Waals surface area contributed by atoms with Crippen molar-refractivity contribution in [1.82, 2.24) is 5.32 Å². The Labute approximate surface area is 136 Å². The average molecular weight is 346 g/mol. The van der Waals surface area contributed by atoms with E-state index in [1.165, 1.54) is 0 Å². The van der Waals surface area contributed by atoms with Crippen LogP contribution in [0.1, 0.15) is 18.4 Å². The van der Waals surface area contributed by atoms with Crippen LogP contribution in [0.2, 0.25) is 5.02 Å². The van der Waals surface area contributed by atoms with Gasteiger partial charge in [-0.15, -0.1) is 0 Å². The standard InChI is InChI=1S/C15H15ClF3N3O/c16-13-6-12(4-3-10(13)7-20)22-5-1-2-11(8-22)14(23)21-9-15(17,18)19/h3-4,6,11H,1-2,5,8-9H2,(H,21,23). The second-order valence-corrected chi connectivity index (χ2v) is 5.80. The molecule has 0 aliphatic carbocycles. The van der Waals surface area contributed by atoms with Crippen molar-refractivity contribution < 1.29 is 18.0 Å². The van der Waals surface area contributed by atoms with Gasteiger partial charge in [-0.1, -0.05) is 11.6 Å². The fourth-order valence-electron chi connectivity index (χ4n) is 2.55. The molecule has 1 atom stereocenters. The first-order chi connectivity index (χ1) is 10.8. The Morgan fingerprint density at radius 1 is 1.48 bits per heavy atom. The molecule has 1 aliphatic rings. The summed E-state index contributed by atoms with van der Waals surface area (Å²) in [5, 5.41) is 11.1. The van der Waals surface area contributed by atoms with Crippen molar-refractivity contribution in [1.29, 1.82) is 5.26 Å². The summed E-state index contributed by atoms with van der Waals surface area (Å²) >= 11 is 5.99. The zero-order valence-electron chi connectivity index (χ0n) is 12.2. The molecule has 8 heteroatoms. The van der Waals surface area contributed by atoms with Crippen LogP contribution in [0.5, 0.6) is 0 Å². The lowest BCUT2D eigenvalue weighted by Gasteiger charge is -2.34. The van der Waals surface area contributed by atoms with E-state index in [1.54, 1.807) is 18.2 Å². The van der Waals surface area contributed by atoms with Crippen molar-refractivity contribution in [3.05, 3.63) is 28.8 Å². The van der Waals surface area contributed by atoms with Crippen LogP contribution in [-0.4, -0.2) is 31.7 Å². The van der Waals surface area contributed by atoms with Crippen molar-refractivity contribution >= 4 is 23.2 Å². The average Bonchev–Trinajstić information content (AvgIpc) is 2.52. The third-order valence-corrected chi connectivity index (χ3v) is 4.01. The van der Waals surface area contributed by atoms with Gasteiger partial charge in [0, 0.05) is 18.8 Å². The highest BCUT2D eigenvalue weighted by atomic mass is 35.5. The summed E-state index contributed by atoms with van der Waals surface area (Å²) in [6.45, 7) is -0.303. The van der Waals surface area contributed by atoms with E-state index in [0.717, 1.165) is 5.69 Å². The minimum absolute atomic E-state index is 0.314. The summed E-state index contributed by atoms with van der Waals surface area (Å²) < 4.78 is 36.5. The molecule has 0 aromatic heterocycles. The number of anilines is 1. The zero-order valence-corrected chi connectivity index (χ0v) is 12.9. The first kappa shape index (κ1) is 17.4. The number of piperidine rings is 1. The molecule has 0 spiro atoms. The number of hydrogen-bond acceptors (Lipinski definition) is 3. The molecule has 1 fully saturated rings. The van der Waals surface area contributed by atoms with E-state index in [-0.39, 0.29) is 0 Å². The molecule has 4 nitrogen and oxygen atoms in total. The van der Waals surface area contributed by atoms with Crippen molar-refractivity contribution in [2.75, 3.05) is 24.5 Å². The first-order valence-corrected chi connectivity index (χ1v) is 7.47. The number of benzene rings is 1. The van der Waals surface area contributed by atoms with Crippen LogP contribution in [0.3, 0.4) is 0 Å².